The van der Waals surface area contributed by atoms with Crippen LogP contribution in [-0.4, -0.2) is 42.4 Å². The molecule has 1 heterocycles. The number of allylic oxidation sites excluding steroid dienone is 1. The molecule has 0 radical (unpaired) electrons. The van der Waals surface area contributed by atoms with Crippen LogP contribution in [0.15, 0.2) is 36.9 Å². The van der Waals surface area contributed by atoms with Gasteiger partial charge in [-0.1, -0.05) is 30.7 Å². The molecule has 110 valence electrons. The zero-order chi connectivity index (χ0) is 14.2. The average Bonchev–Trinajstić information content (AvgIpc) is 2.48. The van der Waals surface area contributed by atoms with Crippen LogP contribution in [0.3, 0.4) is 0 Å². The van der Waals surface area contributed by atoms with E-state index in [1.807, 2.05) is 30.3 Å². The number of aliphatic hydroxyl groups is 1. The van der Waals surface area contributed by atoms with Crippen molar-refractivity contribution in [3.63, 3.8) is 0 Å². The third-order valence-corrected chi connectivity index (χ3v) is 3.69. The van der Waals surface area contributed by atoms with E-state index in [4.69, 9.17) is 4.74 Å². The van der Waals surface area contributed by atoms with Crippen molar-refractivity contribution in [3.8, 4) is 5.75 Å². The minimum absolute atomic E-state index is 0.352. The van der Waals surface area contributed by atoms with Crippen molar-refractivity contribution < 1.29 is 9.84 Å². The quantitative estimate of drug-likeness (QED) is 0.777. The van der Waals surface area contributed by atoms with Gasteiger partial charge in [-0.2, -0.15) is 0 Å². The molecule has 0 bridgehead atoms. The summed E-state index contributed by atoms with van der Waals surface area (Å²) in [6.07, 6.45) is 6.04. The Hall–Kier alpha value is -1.32. The first-order chi connectivity index (χ1) is 9.79. The van der Waals surface area contributed by atoms with E-state index >= 15 is 0 Å². The molecule has 0 aliphatic carbocycles. The van der Waals surface area contributed by atoms with Gasteiger partial charge in [0.25, 0.3) is 0 Å². The number of piperidine rings is 1. The second-order valence-corrected chi connectivity index (χ2v) is 5.43. The van der Waals surface area contributed by atoms with E-state index in [0.717, 1.165) is 30.8 Å². The summed E-state index contributed by atoms with van der Waals surface area (Å²) in [6.45, 7) is 7.02. The first-order valence-corrected chi connectivity index (χ1v) is 7.51. The zero-order valence-corrected chi connectivity index (χ0v) is 12.1. The van der Waals surface area contributed by atoms with Crippen molar-refractivity contribution in [2.75, 3.05) is 26.2 Å². The van der Waals surface area contributed by atoms with Gasteiger partial charge in [-0.25, -0.2) is 0 Å². The Balaban J connectivity index is 1.80. The number of ether oxygens (including phenoxy) is 1. The second kappa shape index (κ2) is 8.08. The lowest BCUT2D eigenvalue weighted by Gasteiger charge is -2.28. The number of aliphatic hydroxyl groups excluding tert-OH is 1. The first-order valence-electron chi connectivity index (χ1n) is 7.51. The summed E-state index contributed by atoms with van der Waals surface area (Å²) in [5, 5.41) is 10.1. The molecule has 0 unspecified atom stereocenters. The average molecular weight is 275 g/mol. The van der Waals surface area contributed by atoms with E-state index < -0.39 is 6.10 Å². The Morgan fingerprint density at radius 1 is 1.25 bits per heavy atom. The topological polar surface area (TPSA) is 32.7 Å². The molecule has 1 atom stereocenters. The summed E-state index contributed by atoms with van der Waals surface area (Å²) >= 11 is 0. The van der Waals surface area contributed by atoms with Gasteiger partial charge in [0.1, 0.15) is 18.5 Å². The Morgan fingerprint density at radius 2 is 2.00 bits per heavy atom. The maximum absolute atomic E-state index is 10.1. The van der Waals surface area contributed by atoms with Crippen molar-refractivity contribution in [2.24, 2.45) is 0 Å². The normalized spacial score (nSPS) is 17.6. The van der Waals surface area contributed by atoms with E-state index in [1.54, 1.807) is 0 Å². The second-order valence-electron chi connectivity index (χ2n) is 5.43. The number of hydrogen-bond acceptors (Lipinski definition) is 3. The number of para-hydroxylation sites is 1. The fourth-order valence-corrected chi connectivity index (χ4v) is 2.65. The zero-order valence-electron chi connectivity index (χ0n) is 12.1. The van der Waals surface area contributed by atoms with Crippen LogP contribution in [0.5, 0.6) is 5.75 Å². The molecule has 3 nitrogen and oxygen atoms in total. The van der Waals surface area contributed by atoms with Gasteiger partial charge >= 0.3 is 0 Å². The summed E-state index contributed by atoms with van der Waals surface area (Å²) in [7, 11) is 0. The molecule has 1 aromatic rings. The molecule has 1 aliphatic rings. The van der Waals surface area contributed by atoms with Gasteiger partial charge in [-0.05, 0) is 44.0 Å². The van der Waals surface area contributed by atoms with Crippen molar-refractivity contribution in [2.45, 2.75) is 31.8 Å². The molecule has 1 aliphatic heterocycles. The van der Waals surface area contributed by atoms with Crippen LogP contribution in [0.1, 0.15) is 24.8 Å². The minimum Gasteiger partial charge on any atom is -0.491 e. The van der Waals surface area contributed by atoms with Crippen molar-refractivity contribution in [1.82, 2.24) is 4.90 Å². The van der Waals surface area contributed by atoms with Crippen molar-refractivity contribution >= 4 is 0 Å². The van der Waals surface area contributed by atoms with Crippen LogP contribution < -0.4 is 4.74 Å². The number of likely N-dealkylation sites (tertiary alicyclic amines) is 1. The highest BCUT2D eigenvalue weighted by atomic mass is 16.5. The number of benzene rings is 1. The molecule has 1 fully saturated rings. The monoisotopic (exact) mass is 275 g/mol. The van der Waals surface area contributed by atoms with Gasteiger partial charge in [-0.3, -0.25) is 0 Å². The molecule has 0 spiro atoms. The number of nitrogens with zero attached hydrogens (tertiary/aromatic N) is 1. The van der Waals surface area contributed by atoms with E-state index in [9.17, 15) is 5.11 Å². The Bertz CT molecular complexity index is 413. The van der Waals surface area contributed by atoms with Crippen molar-refractivity contribution in [1.29, 1.82) is 0 Å². The fraction of sp³-hybridized carbons (Fsp3) is 0.529. The lowest BCUT2D eigenvalue weighted by molar-refractivity contribution is 0.0614. The molecule has 0 aromatic heterocycles. The molecule has 3 heteroatoms. The van der Waals surface area contributed by atoms with Crippen LogP contribution in [0, 0.1) is 0 Å². The lowest BCUT2D eigenvalue weighted by atomic mass is 10.1. The SMILES string of the molecule is C=CCc1ccccc1OC[C@@H](O)CN1CCCCC1. The first kappa shape index (κ1) is 15.1. The summed E-state index contributed by atoms with van der Waals surface area (Å²) in [6, 6.07) is 7.94. The number of β-amino-alcohol motifs (C(OH)–C–C–N with tert-alkyl or cyclic N) is 1. The third kappa shape index (κ3) is 4.66. The third-order valence-electron chi connectivity index (χ3n) is 3.69. The molecule has 0 saturated carbocycles. The van der Waals surface area contributed by atoms with Gasteiger partial charge in [0.15, 0.2) is 0 Å². The predicted molar refractivity (Wildman–Crippen MR) is 82.1 cm³/mol. The van der Waals surface area contributed by atoms with E-state index in [1.165, 1.54) is 19.3 Å². The Morgan fingerprint density at radius 3 is 2.75 bits per heavy atom. The lowest BCUT2D eigenvalue weighted by Crippen LogP contribution is -2.38. The largest absolute Gasteiger partial charge is 0.491 e. The molecule has 2 rings (SSSR count). The van der Waals surface area contributed by atoms with E-state index in [2.05, 4.69) is 11.5 Å². The molecule has 1 saturated heterocycles. The van der Waals surface area contributed by atoms with Gasteiger partial charge < -0.3 is 14.7 Å². The molecular weight excluding hydrogens is 250 g/mol. The highest BCUT2D eigenvalue weighted by molar-refractivity contribution is 5.34. The van der Waals surface area contributed by atoms with E-state index in [-0.39, 0.29) is 0 Å². The van der Waals surface area contributed by atoms with Gasteiger partial charge in [0.2, 0.25) is 0 Å². The van der Waals surface area contributed by atoms with Gasteiger partial charge in [0, 0.05) is 6.54 Å². The fourth-order valence-electron chi connectivity index (χ4n) is 2.65. The molecular formula is C17H25NO2. The van der Waals surface area contributed by atoms with Crippen LogP contribution in [0.2, 0.25) is 0 Å². The summed E-state index contributed by atoms with van der Waals surface area (Å²) in [4.78, 5) is 2.33. The highest BCUT2D eigenvalue weighted by Gasteiger charge is 2.15. The molecule has 1 N–H and O–H groups in total. The molecule has 0 amide bonds. The van der Waals surface area contributed by atoms with Gasteiger partial charge in [-0.15, -0.1) is 6.58 Å². The van der Waals surface area contributed by atoms with Crippen LogP contribution in [0.4, 0.5) is 0 Å². The smallest absolute Gasteiger partial charge is 0.122 e. The maximum atomic E-state index is 10.1. The summed E-state index contributed by atoms with van der Waals surface area (Å²) in [5.41, 5.74) is 1.12. The highest BCUT2D eigenvalue weighted by Crippen LogP contribution is 2.19. The summed E-state index contributed by atoms with van der Waals surface area (Å²) < 4.78 is 5.77. The Labute approximate surface area is 121 Å². The van der Waals surface area contributed by atoms with Gasteiger partial charge in [0.05, 0.1) is 0 Å². The van der Waals surface area contributed by atoms with Crippen LogP contribution in [0.25, 0.3) is 0 Å². The number of hydrogen-bond donors (Lipinski definition) is 1. The predicted octanol–water partition coefficient (Wildman–Crippen LogP) is 2.64. The minimum atomic E-state index is -0.426. The van der Waals surface area contributed by atoms with Crippen molar-refractivity contribution in [3.05, 3.63) is 42.5 Å². The van der Waals surface area contributed by atoms with Crippen LogP contribution >= 0.6 is 0 Å². The molecule has 20 heavy (non-hydrogen) atoms. The van der Waals surface area contributed by atoms with E-state index in [0.29, 0.717) is 13.2 Å². The summed E-state index contributed by atoms with van der Waals surface area (Å²) in [5.74, 6) is 0.852. The standard InChI is InChI=1S/C17H25NO2/c1-2-8-15-9-4-5-10-17(15)20-14-16(19)13-18-11-6-3-7-12-18/h2,4-5,9-10,16,19H,1,3,6-8,11-14H2/t16-/m0/s1. The number of rotatable bonds is 7. The van der Waals surface area contributed by atoms with Crippen LogP contribution in [-0.2, 0) is 6.42 Å². The molecule has 1 aromatic carbocycles. The Kier molecular flexibility index (Phi) is 6.09. The maximum Gasteiger partial charge on any atom is 0.122 e.